The molecule has 6 heteroatoms. The van der Waals surface area contributed by atoms with Gasteiger partial charge in [0, 0.05) is 11.7 Å². The SMILES string of the molecule is CC[C@@H](C)c1ccccc1NC(=O)CSc1nc2ccccc2c(=O)n1C1CC1. The van der Waals surface area contributed by atoms with E-state index in [1.165, 1.54) is 11.8 Å². The first kappa shape index (κ1) is 19.7. The van der Waals surface area contributed by atoms with Crippen LogP contribution in [0.1, 0.15) is 50.6 Å². The monoisotopic (exact) mass is 407 g/mol. The van der Waals surface area contributed by atoms with Crippen LogP contribution in [0.2, 0.25) is 0 Å². The number of nitrogens with zero attached hydrogens (tertiary/aromatic N) is 2. The van der Waals surface area contributed by atoms with Gasteiger partial charge in [0.15, 0.2) is 5.16 Å². The summed E-state index contributed by atoms with van der Waals surface area (Å²) in [5.74, 6) is 0.503. The molecule has 1 heterocycles. The van der Waals surface area contributed by atoms with Crippen LogP contribution in [0, 0.1) is 0 Å². The van der Waals surface area contributed by atoms with Gasteiger partial charge in [0.25, 0.3) is 5.56 Å². The Morgan fingerprint density at radius 3 is 2.69 bits per heavy atom. The molecule has 0 bridgehead atoms. The highest BCUT2D eigenvalue weighted by atomic mass is 32.2. The summed E-state index contributed by atoms with van der Waals surface area (Å²) in [7, 11) is 0. The van der Waals surface area contributed by atoms with Crippen LogP contribution >= 0.6 is 11.8 Å². The van der Waals surface area contributed by atoms with Crippen LogP contribution < -0.4 is 10.9 Å². The average Bonchev–Trinajstić information content (AvgIpc) is 3.57. The molecule has 1 aliphatic carbocycles. The highest BCUT2D eigenvalue weighted by Crippen LogP contribution is 2.37. The zero-order valence-corrected chi connectivity index (χ0v) is 17.5. The van der Waals surface area contributed by atoms with E-state index in [4.69, 9.17) is 0 Å². The summed E-state index contributed by atoms with van der Waals surface area (Å²) in [6, 6.07) is 15.5. The lowest BCUT2D eigenvalue weighted by atomic mass is 9.97. The molecular formula is C23H25N3O2S. The van der Waals surface area contributed by atoms with Gasteiger partial charge in [0.2, 0.25) is 5.91 Å². The number of nitrogens with one attached hydrogen (secondary N) is 1. The zero-order valence-electron chi connectivity index (χ0n) is 16.7. The minimum Gasteiger partial charge on any atom is -0.325 e. The first-order valence-corrected chi connectivity index (χ1v) is 11.1. The molecule has 0 spiro atoms. The Morgan fingerprint density at radius 1 is 1.21 bits per heavy atom. The fraction of sp³-hybridized carbons (Fsp3) is 0.348. The summed E-state index contributed by atoms with van der Waals surface area (Å²) in [4.78, 5) is 30.3. The maximum absolute atomic E-state index is 12.9. The van der Waals surface area contributed by atoms with Crippen LogP contribution in [0.15, 0.2) is 58.5 Å². The number of anilines is 1. The summed E-state index contributed by atoms with van der Waals surface area (Å²) < 4.78 is 1.77. The molecule has 5 nitrogen and oxygen atoms in total. The van der Waals surface area contributed by atoms with Crippen LogP contribution in [0.3, 0.4) is 0 Å². The fourth-order valence-electron chi connectivity index (χ4n) is 3.46. The molecule has 0 saturated heterocycles. The van der Waals surface area contributed by atoms with Crippen LogP contribution in [0.25, 0.3) is 10.9 Å². The summed E-state index contributed by atoms with van der Waals surface area (Å²) in [5.41, 5.74) is 2.67. The Balaban J connectivity index is 1.54. The minimum atomic E-state index is -0.0875. The maximum atomic E-state index is 12.9. The highest BCUT2D eigenvalue weighted by Gasteiger charge is 2.28. The van der Waals surface area contributed by atoms with Crippen molar-refractivity contribution in [2.24, 2.45) is 0 Å². The summed E-state index contributed by atoms with van der Waals surface area (Å²) >= 11 is 1.33. The van der Waals surface area contributed by atoms with Crippen LogP contribution in [-0.2, 0) is 4.79 Å². The molecule has 3 aromatic rings. The lowest BCUT2D eigenvalue weighted by Gasteiger charge is -2.16. The van der Waals surface area contributed by atoms with Gasteiger partial charge in [0.05, 0.1) is 16.7 Å². The highest BCUT2D eigenvalue weighted by molar-refractivity contribution is 7.99. The van der Waals surface area contributed by atoms with Gasteiger partial charge >= 0.3 is 0 Å². The third-order valence-electron chi connectivity index (χ3n) is 5.40. The fourth-order valence-corrected chi connectivity index (χ4v) is 4.33. The van der Waals surface area contributed by atoms with E-state index < -0.39 is 0 Å². The van der Waals surface area contributed by atoms with Crippen molar-refractivity contribution in [1.29, 1.82) is 0 Å². The number of amides is 1. The second-order valence-corrected chi connectivity index (χ2v) is 8.49. The lowest BCUT2D eigenvalue weighted by Crippen LogP contribution is -2.23. The lowest BCUT2D eigenvalue weighted by molar-refractivity contribution is -0.113. The maximum Gasteiger partial charge on any atom is 0.262 e. The van der Waals surface area contributed by atoms with E-state index >= 15 is 0 Å². The molecule has 0 unspecified atom stereocenters. The van der Waals surface area contributed by atoms with Crippen molar-refractivity contribution >= 4 is 34.3 Å². The molecule has 0 aliphatic heterocycles. The molecule has 1 atom stereocenters. The first-order valence-electron chi connectivity index (χ1n) is 10.1. The second-order valence-electron chi connectivity index (χ2n) is 7.55. The third kappa shape index (κ3) is 4.22. The molecule has 2 aromatic carbocycles. The molecule has 150 valence electrons. The second kappa shape index (κ2) is 8.41. The molecule has 1 fully saturated rings. The smallest absolute Gasteiger partial charge is 0.262 e. The van der Waals surface area contributed by atoms with Gasteiger partial charge in [-0.15, -0.1) is 0 Å². The van der Waals surface area contributed by atoms with Crippen molar-refractivity contribution < 1.29 is 4.79 Å². The number of para-hydroxylation sites is 2. The Kier molecular flexibility index (Phi) is 5.72. The van der Waals surface area contributed by atoms with Gasteiger partial charge in [-0.3, -0.25) is 14.2 Å². The van der Waals surface area contributed by atoms with Gasteiger partial charge in [-0.1, -0.05) is 55.9 Å². The summed E-state index contributed by atoms with van der Waals surface area (Å²) in [6.07, 6.45) is 2.99. The molecule has 1 aliphatic rings. The first-order chi connectivity index (χ1) is 14.1. The third-order valence-corrected chi connectivity index (χ3v) is 6.35. The van der Waals surface area contributed by atoms with Crippen molar-refractivity contribution in [3.8, 4) is 0 Å². The van der Waals surface area contributed by atoms with Crippen molar-refractivity contribution in [1.82, 2.24) is 9.55 Å². The molecule has 1 amide bonds. The molecule has 29 heavy (non-hydrogen) atoms. The molecule has 0 radical (unpaired) electrons. The topological polar surface area (TPSA) is 64.0 Å². The number of carbonyl (C=O) groups excluding carboxylic acids is 1. The van der Waals surface area contributed by atoms with E-state index in [0.29, 0.717) is 22.0 Å². The minimum absolute atomic E-state index is 0.0110. The van der Waals surface area contributed by atoms with Crippen LogP contribution in [0.5, 0.6) is 0 Å². The summed E-state index contributed by atoms with van der Waals surface area (Å²) in [5, 5.41) is 4.30. The van der Waals surface area contributed by atoms with Crippen molar-refractivity contribution in [3.63, 3.8) is 0 Å². The quantitative estimate of drug-likeness (QED) is 0.443. The van der Waals surface area contributed by atoms with Gasteiger partial charge in [-0.05, 0) is 48.9 Å². The number of benzene rings is 2. The van der Waals surface area contributed by atoms with Crippen molar-refractivity contribution in [2.75, 3.05) is 11.1 Å². The van der Waals surface area contributed by atoms with Crippen molar-refractivity contribution in [3.05, 3.63) is 64.4 Å². The van der Waals surface area contributed by atoms with Gasteiger partial charge in [-0.2, -0.15) is 0 Å². The van der Waals surface area contributed by atoms with E-state index in [2.05, 4.69) is 30.2 Å². The molecule has 1 aromatic heterocycles. The average molecular weight is 408 g/mol. The Bertz CT molecular complexity index is 1100. The number of aromatic nitrogens is 2. The number of carbonyl (C=O) groups is 1. The molecule has 4 rings (SSSR count). The number of thioether (sulfide) groups is 1. The number of rotatable bonds is 7. The molecule has 1 saturated carbocycles. The van der Waals surface area contributed by atoms with E-state index in [1.807, 2.05) is 42.5 Å². The molecule has 1 N–H and O–H groups in total. The number of hydrogen-bond acceptors (Lipinski definition) is 4. The van der Waals surface area contributed by atoms with Crippen LogP contribution in [-0.4, -0.2) is 21.2 Å². The predicted molar refractivity (Wildman–Crippen MR) is 119 cm³/mol. The van der Waals surface area contributed by atoms with Gasteiger partial charge in [-0.25, -0.2) is 4.98 Å². The Labute approximate surface area is 174 Å². The largest absolute Gasteiger partial charge is 0.325 e. The Hall–Kier alpha value is -2.60. The van der Waals surface area contributed by atoms with Crippen molar-refractivity contribution in [2.45, 2.75) is 50.2 Å². The molecular weight excluding hydrogens is 382 g/mol. The van der Waals surface area contributed by atoms with E-state index in [-0.39, 0.29) is 23.3 Å². The summed E-state index contributed by atoms with van der Waals surface area (Å²) in [6.45, 7) is 4.30. The van der Waals surface area contributed by atoms with Gasteiger partial charge in [0.1, 0.15) is 0 Å². The number of fused-ring (bicyclic) bond motifs is 1. The zero-order chi connectivity index (χ0) is 20.4. The standard InChI is InChI=1S/C23H25N3O2S/c1-3-15(2)17-8-4-6-10-19(17)24-21(27)14-29-23-25-20-11-7-5-9-18(20)22(28)26(23)16-12-13-16/h4-11,15-16H,3,12-14H2,1-2H3,(H,24,27)/t15-/m1/s1. The van der Waals surface area contributed by atoms with E-state index in [9.17, 15) is 9.59 Å². The van der Waals surface area contributed by atoms with E-state index in [1.54, 1.807) is 4.57 Å². The van der Waals surface area contributed by atoms with Gasteiger partial charge < -0.3 is 5.32 Å². The number of hydrogen-bond donors (Lipinski definition) is 1. The Morgan fingerprint density at radius 2 is 1.93 bits per heavy atom. The van der Waals surface area contributed by atoms with E-state index in [0.717, 1.165) is 30.5 Å². The normalized spacial score (nSPS) is 14.7. The predicted octanol–water partition coefficient (Wildman–Crippen LogP) is 4.98. The van der Waals surface area contributed by atoms with Crippen LogP contribution in [0.4, 0.5) is 5.69 Å².